The summed E-state index contributed by atoms with van der Waals surface area (Å²) in [5.41, 5.74) is 0.772. The molecule has 1 N–H and O–H groups in total. The van der Waals surface area contributed by atoms with Crippen molar-refractivity contribution in [2.45, 2.75) is 6.92 Å². The fourth-order valence-electron chi connectivity index (χ4n) is 0.968. The fraction of sp³-hybridized carbons (Fsp3) is 0.182. The maximum atomic E-state index is 7.38. The number of rotatable bonds is 2. The second-order valence-electron chi connectivity index (χ2n) is 3.15. The number of hydrogen-bond acceptors (Lipinski definition) is 1. The Balaban J connectivity index is 0.00000225. The lowest BCUT2D eigenvalue weighted by Crippen LogP contribution is -2.15. The van der Waals surface area contributed by atoms with Crippen molar-refractivity contribution in [3.63, 3.8) is 0 Å². The standard InChI is InChI=1S/C11H12Cl2N2.ClH/c1-8(14)15(2)7-6-9-10(12)4-3-5-11(9)13;/h3-7,14H,1-2H3;1H/b7-6+,14-8?;. The van der Waals surface area contributed by atoms with Crippen LogP contribution in [-0.2, 0) is 0 Å². The highest BCUT2D eigenvalue weighted by Crippen LogP contribution is 2.25. The van der Waals surface area contributed by atoms with Crippen molar-refractivity contribution >= 4 is 47.5 Å². The first-order chi connectivity index (χ1) is 7.02. The molecule has 0 aromatic heterocycles. The van der Waals surface area contributed by atoms with Crippen LogP contribution in [0.25, 0.3) is 6.08 Å². The zero-order valence-corrected chi connectivity index (χ0v) is 11.3. The van der Waals surface area contributed by atoms with Crippen LogP contribution in [0.5, 0.6) is 0 Å². The largest absolute Gasteiger partial charge is 0.340 e. The Labute approximate surface area is 112 Å². The van der Waals surface area contributed by atoms with E-state index >= 15 is 0 Å². The molecule has 0 aliphatic rings. The lowest BCUT2D eigenvalue weighted by molar-refractivity contribution is 0.682. The van der Waals surface area contributed by atoms with Crippen molar-refractivity contribution in [2.75, 3.05) is 7.05 Å². The molecule has 1 aromatic carbocycles. The highest BCUT2D eigenvalue weighted by Gasteiger charge is 2.01. The van der Waals surface area contributed by atoms with Crippen LogP contribution in [0.2, 0.25) is 10.0 Å². The summed E-state index contributed by atoms with van der Waals surface area (Å²) in [5, 5.41) is 8.59. The average molecular weight is 280 g/mol. The van der Waals surface area contributed by atoms with Gasteiger partial charge in [-0.2, -0.15) is 0 Å². The Morgan fingerprint density at radius 3 is 2.25 bits per heavy atom. The molecule has 0 atom stereocenters. The van der Waals surface area contributed by atoms with E-state index in [0.717, 1.165) is 5.56 Å². The van der Waals surface area contributed by atoms with Gasteiger partial charge in [0, 0.05) is 28.9 Å². The van der Waals surface area contributed by atoms with Gasteiger partial charge in [-0.15, -0.1) is 12.4 Å². The minimum atomic E-state index is 0. The van der Waals surface area contributed by atoms with Gasteiger partial charge >= 0.3 is 0 Å². The number of amidine groups is 1. The van der Waals surface area contributed by atoms with Crippen molar-refractivity contribution in [2.24, 2.45) is 0 Å². The summed E-state index contributed by atoms with van der Waals surface area (Å²) in [6.07, 6.45) is 3.55. The SMILES string of the molecule is CC(=N)N(C)/C=C/c1c(Cl)cccc1Cl.Cl. The highest BCUT2D eigenvalue weighted by molar-refractivity contribution is 6.37. The van der Waals surface area contributed by atoms with Crippen LogP contribution in [-0.4, -0.2) is 17.8 Å². The van der Waals surface area contributed by atoms with E-state index in [1.54, 1.807) is 49.3 Å². The van der Waals surface area contributed by atoms with Crippen LogP contribution in [0, 0.1) is 5.41 Å². The van der Waals surface area contributed by atoms with Gasteiger partial charge in [0.15, 0.2) is 0 Å². The van der Waals surface area contributed by atoms with Crippen LogP contribution in [0.15, 0.2) is 24.4 Å². The van der Waals surface area contributed by atoms with E-state index in [2.05, 4.69) is 0 Å². The smallest absolute Gasteiger partial charge is 0.0963 e. The zero-order valence-electron chi connectivity index (χ0n) is 9.00. The quantitative estimate of drug-likeness (QED) is 0.634. The minimum absolute atomic E-state index is 0. The maximum absolute atomic E-state index is 7.38. The molecule has 0 aliphatic carbocycles. The van der Waals surface area contributed by atoms with Crippen molar-refractivity contribution in [1.82, 2.24) is 4.90 Å². The molecule has 16 heavy (non-hydrogen) atoms. The molecule has 0 fully saturated rings. The lowest BCUT2D eigenvalue weighted by Gasteiger charge is -2.11. The zero-order chi connectivity index (χ0) is 11.4. The summed E-state index contributed by atoms with van der Waals surface area (Å²) >= 11 is 12.0. The summed E-state index contributed by atoms with van der Waals surface area (Å²) in [6, 6.07) is 5.36. The van der Waals surface area contributed by atoms with Crippen LogP contribution >= 0.6 is 35.6 Å². The van der Waals surface area contributed by atoms with Gasteiger partial charge in [0.05, 0.1) is 5.84 Å². The molecule has 1 aromatic rings. The second-order valence-corrected chi connectivity index (χ2v) is 3.96. The predicted octanol–water partition coefficient (Wildman–Crippen LogP) is 4.31. The van der Waals surface area contributed by atoms with Crippen LogP contribution < -0.4 is 0 Å². The topological polar surface area (TPSA) is 27.1 Å². The van der Waals surface area contributed by atoms with E-state index in [1.165, 1.54) is 0 Å². The van der Waals surface area contributed by atoms with E-state index in [0.29, 0.717) is 15.9 Å². The van der Waals surface area contributed by atoms with Gasteiger partial charge in [-0.25, -0.2) is 0 Å². The van der Waals surface area contributed by atoms with Gasteiger partial charge in [0.2, 0.25) is 0 Å². The summed E-state index contributed by atoms with van der Waals surface area (Å²) in [5.74, 6) is 0.453. The summed E-state index contributed by atoms with van der Waals surface area (Å²) in [4.78, 5) is 1.68. The summed E-state index contributed by atoms with van der Waals surface area (Å²) in [6.45, 7) is 1.71. The summed E-state index contributed by atoms with van der Waals surface area (Å²) < 4.78 is 0. The van der Waals surface area contributed by atoms with Gasteiger partial charge in [-0.05, 0) is 25.1 Å². The Kier molecular flexibility index (Phi) is 6.49. The Bertz CT molecular complexity index is 382. The molecule has 1 rings (SSSR count). The third-order valence-electron chi connectivity index (χ3n) is 1.99. The van der Waals surface area contributed by atoms with Crippen LogP contribution in [0.4, 0.5) is 0 Å². The molecule has 0 saturated carbocycles. The molecule has 5 heteroatoms. The number of benzene rings is 1. The molecule has 0 bridgehead atoms. The van der Waals surface area contributed by atoms with Crippen molar-refractivity contribution in [1.29, 1.82) is 5.41 Å². The van der Waals surface area contributed by atoms with Gasteiger partial charge in [0.1, 0.15) is 0 Å². The highest BCUT2D eigenvalue weighted by atomic mass is 35.5. The Morgan fingerprint density at radius 2 is 1.81 bits per heavy atom. The fourth-order valence-corrected chi connectivity index (χ4v) is 1.49. The number of nitrogens with zero attached hydrogens (tertiary/aromatic N) is 1. The average Bonchev–Trinajstić information content (AvgIpc) is 2.16. The van der Waals surface area contributed by atoms with Gasteiger partial charge < -0.3 is 4.90 Å². The van der Waals surface area contributed by atoms with E-state index in [9.17, 15) is 0 Å². The second kappa shape index (κ2) is 6.79. The molecule has 0 saturated heterocycles. The van der Waals surface area contributed by atoms with E-state index in [1.807, 2.05) is 0 Å². The molecule has 88 valence electrons. The van der Waals surface area contributed by atoms with E-state index in [-0.39, 0.29) is 12.4 Å². The monoisotopic (exact) mass is 278 g/mol. The Hall–Kier alpha value is -0.700. The molecule has 0 spiro atoms. The van der Waals surface area contributed by atoms with E-state index < -0.39 is 0 Å². The predicted molar refractivity (Wildman–Crippen MR) is 73.9 cm³/mol. The van der Waals surface area contributed by atoms with E-state index in [4.69, 9.17) is 28.6 Å². The minimum Gasteiger partial charge on any atom is -0.340 e. The number of nitrogens with one attached hydrogen (secondary N) is 1. The van der Waals surface area contributed by atoms with Crippen molar-refractivity contribution in [3.05, 3.63) is 40.0 Å². The number of halogens is 3. The van der Waals surface area contributed by atoms with Gasteiger partial charge in [-0.1, -0.05) is 29.3 Å². The molecule has 2 nitrogen and oxygen atoms in total. The maximum Gasteiger partial charge on any atom is 0.0963 e. The normalized spacial score (nSPS) is 10.0. The van der Waals surface area contributed by atoms with Crippen LogP contribution in [0.3, 0.4) is 0 Å². The number of hydrogen-bond donors (Lipinski definition) is 1. The molecule has 0 unspecified atom stereocenters. The van der Waals surface area contributed by atoms with Gasteiger partial charge in [0.25, 0.3) is 0 Å². The first-order valence-corrected chi connectivity index (χ1v) is 5.18. The molecule has 0 heterocycles. The third-order valence-corrected chi connectivity index (χ3v) is 2.65. The van der Waals surface area contributed by atoms with Crippen molar-refractivity contribution < 1.29 is 0 Å². The van der Waals surface area contributed by atoms with Crippen LogP contribution in [0.1, 0.15) is 12.5 Å². The third kappa shape index (κ3) is 4.05. The molecule has 0 aliphatic heterocycles. The Morgan fingerprint density at radius 1 is 1.31 bits per heavy atom. The summed E-state index contributed by atoms with van der Waals surface area (Å²) in [7, 11) is 1.80. The molecule has 0 amide bonds. The molecular formula is C11H13Cl3N2. The first kappa shape index (κ1) is 15.3. The molecule has 0 radical (unpaired) electrons. The lowest BCUT2D eigenvalue weighted by atomic mass is 10.2. The molecular weight excluding hydrogens is 266 g/mol. The first-order valence-electron chi connectivity index (χ1n) is 4.42. The van der Waals surface area contributed by atoms with Crippen molar-refractivity contribution in [3.8, 4) is 0 Å². The van der Waals surface area contributed by atoms with Gasteiger partial charge in [-0.3, -0.25) is 5.41 Å².